The van der Waals surface area contributed by atoms with Crippen molar-refractivity contribution in [3.63, 3.8) is 0 Å². The standard InChI is InChI=1S/C19H19NO3/c20-19(22)12-6-4-11(5-7-12)18-15-3-1-2-14(15)16-10-13(21)8-9-17(16)23-18/h4-10,14-15,18,21H,1-3H2,(H2,20,22)/t14-,15+,18+/m0/s1. The quantitative estimate of drug-likeness (QED) is 0.891. The van der Waals surface area contributed by atoms with Crippen LogP contribution in [0.2, 0.25) is 0 Å². The lowest BCUT2D eigenvalue weighted by molar-refractivity contribution is 0.0996. The molecule has 1 saturated carbocycles. The van der Waals surface area contributed by atoms with Gasteiger partial charge in [-0.05, 0) is 54.7 Å². The van der Waals surface area contributed by atoms with Crippen LogP contribution in [0.4, 0.5) is 0 Å². The minimum Gasteiger partial charge on any atom is -0.508 e. The molecule has 2 aromatic carbocycles. The summed E-state index contributed by atoms with van der Waals surface area (Å²) in [5.74, 6) is 1.56. The normalized spacial score (nSPS) is 25.3. The molecule has 0 unspecified atom stereocenters. The second-order valence-corrected chi connectivity index (χ2v) is 6.45. The second kappa shape index (κ2) is 5.30. The third kappa shape index (κ3) is 2.34. The Kier molecular flexibility index (Phi) is 3.26. The smallest absolute Gasteiger partial charge is 0.248 e. The number of amides is 1. The van der Waals surface area contributed by atoms with E-state index in [0.717, 1.165) is 29.7 Å². The highest BCUT2D eigenvalue weighted by molar-refractivity contribution is 5.92. The van der Waals surface area contributed by atoms with Gasteiger partial charge in [0, 0.05) is 17.0 Å². The predicted molar refractivity (Wildman–Crippen MR) is 86.5 cm³/mol. The summed E-state index contributed by atoms with van der Waals surface area (Å²) in [5, 5.41) is 9.77. The van der Waals surface area contributed by atoms with Crippen LogP contribution >= 0.6 is 0 Å². The largest absolute Gasteiger partial charge is 0.508 e. The van der Waals surface area contributed by atoms with Crippen molar-refractivity contribution in [3.05, 3.63) is 59.2 Å². The molecule has 4 nitrogen and oxygen atoms in total. The average Bonchev–Trinajstić information content (AvgIpc) is 3.04. The summed E-state index contributed by atoms with van der Waals surface area (Å²) in [6, 6.07) is 12.8. The van der Waals surface area contributed by atoms with E-state index in [4.69, 9.17) is 10.5 Å². The summed E-state index contributed by atoms with van der Waals surface area (Å²) < 4.78 is 6.26. The summed E-state index contributed by atoms with van der Waals surface area (Å²) in [4.78, 5) is 11.2. The molecule has 0 saturated heterocycles. The number of hydrogen-bond donors (Lipinski definition) is 2. The number of primary amides is 1. The maximum absolute atomic E-state index is 11.2. The van der Waals surface area contributed by atoms with Gasteiger partial charge in [-0.3, -0.25) is 4.79 Å². The second-order valence-electron chi connectivity index (χ2n) is 6.45. The lowest BCUT2D eigenvalue weighted by atomic mass is 9.80. The number of nitrogens with two attached hydrogens (primary N) is 1. The van der Waals surface area contributed by atoms with Crippen molar-refractivity contribution in [2.75, 3.05) is 0 Å². The number of carbonyl (C=O) groups excluding carboxylic acids is 1. The first kappa shape index (κ1) is 14.1. The lowest BCUT2D eigenvalue weighted by Crippen LogP contribution is -2.26. The molecule has 1 fully saturated rings. The molecule has 1 aliphatic heterocycles. The van der Waals surface area contributed by atoms with Crippen molar-refractivity contribution in [1.82, 2.24) is 0 Å². The Balaban J connectivity index is 1.72. The van der Waals surface area contributed by atoms with Crippen LogP contribution in [-0.2, 0) is 0 Å². The average molecular weight is 309 g/mol. The van der Waals surface area contributed by atoms with E-state index in [1.165, 1.54) is 6.42 Å². The Morgan fingerprint density at radius 3 is 2.65 bits per heavy atom. The first-order valence-electron chi connectivity index (χ1n) is 8.03. The van der Waals surface area contributed by atoms with Crippen molar-refractivity contribution in [2.45, 2.75) is 31.3 Å². The maximum Gasteiger partial charge on any atom is 0.248 e. The topological polar surface area (TPSA) is 72.6 Å². The molecule has 0 bridgehead atoms. The van der Waals surface area contributed by atoms with Crippen molar-refractivity contribution in [1.29, 1.82) is 0 Å². The minimum absolute atomic E-state index is 0.0125. The number of aromatic hydroxyl groups is 1. The van der Waals surface area contributed by atoms with Gasteiger partial charge in [0.05, 0.1) is 0 Å². The molecule has 0 spiro atoms. The number of carbonyl (C=O) groups is 1. The summed E-state index contributed by atoms with van der Waals surface area (Å²) in [5.41, 5.74) is 8.02. The Morgan fingerprint density at radius 2 is 1.91 bits per heavy atom. The zero-order valence-electron chi connectivity index (χ0n) is 12.7. The first-order chi connectivity index (χ1) is 11.1. The predicted octanol–water partition coefficient (Wildman–Crippen LogP) is 3.51. The number of phenolic OH excluding ortho intramolecular Hbond substituents is 1. The van der Waals surface area contributed by atoms with Crippen LogP contribution in [0.1, 0.15) is 52.8 Å². The van der Waals surface area contributed by atoms with Crippen LogP contribution in [-0.4, -0.2) is 11.0 Å². The van der Waals surface area contributed by atoms with Crippen LogP contribution in [0.3, 0.4) is 0 Å². The SMILES string of the molecule is NC(=O)c1ccc([C@H]2Oc3ccc(O)cc3[C@H]3CCC[C@H]32)cc1. The molecule has 1 aliphatic carbocycles. The number of ether oxygens (including phenoxy) is 1. The van der Waals surface area contributed by atoms with Gasteiger partial charge in [-0.1, -0.05) is 18.6 Å². The van der Waals surface area contributed by atoms with Crippen molar-refractivity contribution < 1.29 is 14.6 Å². The number of benzene rings is 2. The number of hydrogen-bond acceptors (Lipinski definition) is 3. The summed E-state index contributed by atoms with van der Waals surface area (Å²) in [6.07, 6.45) is 3.40. The summed E-state index contributed by atoms with van der Waals surface area (Å²) in [7, 11) is 0. The molecule has 23 heavy (non-hydrogen) atoms. The van der Waals surface area contributed by atoms with Gasteiger partial charge in [0.25, 0.3) is 0 Å². The first-order valence-corrected chi connectivity index (χ1v) is 8.03. The third-order valence-electron chi connectivity index (χ3n) is 5.13. The van der Waals surface area contributed by atoms with Gasteiger partial charge in [-0.25, -0.2) is 0 Å². The summed E-state index contributed by atoms with van der Waals surface area (Å²) >= 11 is 0. The number of rotatable bonds is 2. The molecular weight excluding hydrogens is 290 g/mol. The van der Waals surface area contributed by atoms with E-state index in [0.29, 0.717) is 23.1 Å². The van der Waals surface area contributed by atoms with Crippen molar-refractivity contribution >= 4 is 5.91 Å². The van der Waals surface area contributed by atoms with Crippen LogP contribution in [0.25, 0.3) is 0 Å². The van der Waals surface area contributed by atoms with E-state index in [9.17, 15) is 9.90 Å². The molecule has 2 aliphatic rings. The van der Waals surface area contributed by atoms with Gasteiger partial charge in [-0.2, -0.15) is 0 Å². The van der Waals surface area contributed by atoms with E-state index in [1.54, 1.807) is 18.2 Å². The molecule has 1 heterocycles. The molecule has 4 rings (SSSR count). The molecule has 3 atom stereocenters. The fraction of sp³-hybridized carbons (Fsp3) is 0.316. The number of fused-ring (bicyclic) bond motifs is 3. The fourth-order valence-corrected chi connectivity index (χ4v) is 4.05. The van der Waals surface area contributed by atoms with Gasteiger partial charge < -0.3 is 15.6 Å². The molecule has 3 N–H and O–H groups in total. The highest BCUT2D eigenvalue weighted by atomic mass is 16.5. The molecule has 1 amide bonds. The molecular formula is C19H19NO3. The minimum atomic E-state index is -0.416. The highest BCUT2D eigenvalue weighted by Crippen LogP contribution is 2.54. The monoisotopic (exact) mass is 309 g/mol. The van der Waals surface area contributed by atoms with Gasteiger partial charge >= 0.3 is 0 Å². The van der Waals surface area contributed by atoms with E-state index in [1.807, 2.05) is 24.3 Å². The Morgan fingerprint density at radius 1 is 1.13 bits per heavy atom. The van der Waals surface area contributed by atoms with Gasteiger partial charge in [0.15, 0.2) is 0 Å². The Hall–Kier alpha value is -2.49. The highest BCUT2D eigenvalue weighted by Gasteiger charge is 2.41. The van der Waals surface area contributed by atoms with Crippen LogP contribution in [0, 0.1) is 5.92 Å². The zero-order chi connectivity index (χ0) is 16.0. The molecule has 0 radical (unpaired) electrons. The van der Waals surface area contributed by atoms with Crippen LogP contribution in [0.5, 0.6) is 11.5 Å². The van der Waals surface area contributed by atoms with Crippen molar-refractivity contribution in [3.8, 4) is 11.5 Å². The summed E-state index contributed by atoms with van der Waals surface area (Å²) in [6.45, 7) is 0. The van der Waals surface area contributed by atoms with Gasteiger partial charge in [0.1, 0.15) is 17.6 Å². The number of phenols is 1. The van der Waals surface area contributed by atoms with Crippen LogP contribution in [0.15, 0.2) is 42.5 Å². The zero-order valence-corrected chi connectivity index (χ0v) is 12.7. The van der Waals surface area contributed by atoms with E-state index < -0.39 is 5.91 Å². The molecule has 118 valence electrons. The van der Waals surface area contributed by atoms with Crippen molar-refractivity contribution in [2.24, 2.45) is 11.7 Å². The fourth-order valence-electron chi connectivity index (χ4n) is 4.05. The Labute approximate surface area is 134 Å². The van der Waals surface area contributed by atoms with Gasteiger partial charge in [-0.15, -0.1) is 0 Å². The van der Waals surface area contributed by atoms with E-state index in [2.05, 4.69) is 0 Å². The lowest BCUT2D eigenvalue weighted by Gasteiger charge is -2.36. The van der Waals surface area contributed by atoms with Crippen LogP contribution < -0.4 is 10.5 Å². The maximum atomic E-state index is 11.2. The molecule has 0 aromatic heterocycles. The van der Waals surface area contributed by atoms with E-state index in [-0.39, 0.29) is 6.10 Å². The van der Waals surface area contributed by atoms with Gasteiger partial charge in [0.2, 0.25) is 5.91 Å². The third-order valence-corrected chi connectivity index (χ3v) is 5.13. The molecule has 4 heteroatoms. The molecule has 2 aromatic rings. The Bertz CT molecular complexity index is 754. The van der Waals surface area contributed by atoms with E-state index >= 15 is 0 Å².